The Hall–Kier alpha value is -2.00. The van der Waals surface area contributed by atoms with E-state index in [4.69, 9.17) is 5.26 Å². The number of nitriles is 1. The van der Waals surface area contributed by atoms with Gasteiger partial charge in [-0.05, 0) is 19.0 Å². The number of nitrogens with zero attached hydrogens (tertiary/aromatic N) is 4. The summed E-state index contributed by atoms with van der Waals surface area (Å²) in [6.07, 6.45) is 11.3. The number of rotatable bonds is 6. The molecule has 0 bridgehead atoms. The Balaban J connectivity index is 1.78. The fraction of sp³-hybridized carbons (Fsp3) is 0.500. The van der Waals surface area contributed by atoms with Crippen molar-refractivity contribution < 1.29 is 0 Å². The molecule has 0 spiro atoms. The quantitative estimate of drug-likeness (QED) is 0.873. The first-order chi connectivity index (χ1) is 10.8. The summed E-state index contributed by atoms with van der Waals surface area (Å²) in [7, 11) is 0. The Bertz CT molecular complexity index is 652. The summed E-state index contributed by atoms with van der Waals surface area (Å²) in [5, 5.41) is 13.1. The minimum atomic E-state index is 0.0724. The average molecular weight is 313 g/mol. The number of fused-ring (bicyclic) bond motifs is 1. The number of hydrogen-bond donors (Lipinski definition) is 1. The molecule has 0 saturated heterocycles. The molecule has 0 fully saturated rings. The molecule has 0 amide bonds. The lowest BCUT2D eigenvalue weighted by Gasteiger charge is -2.20. The molecule has 1 aromatic rings. The summed E-state index contributed by atoms with van der Waals surface area (Å²) >= 11 is 1.74. The van der Waals surface area contributed by atoms with E-state index in [0.29, 0.717) is 12.3 Å². The van der Waals surface area contributed by atoms with Crippen LogP contribution in [0.1, 0.15) is 54.5 Å². The number of amidine groups is 1. The SMILES string of the molecule is CCC[C@@H](CCC#N)c1ncc(C2N=CN=C3NC=CC32)s1. The lowest BCUT2D eigenvalue weighted by Crippen LogP contribution is -2.26. The van der Waals surface area contributed by atoms with Crippen LogP contribution >= 0.6 is 11.3 Å². The van der Waals surface area contributed by atoms with Crippen LogP contribution in [0, 0.1) is 17.2 Å². The number of nitrogens with one attached hydrogen (secondary N) is 1. The minimum absolute atomic E-state index is 0.0724. The average Bonchev–Trinajstić information content (AvgIpc) is 3.19. The predicted octanol–water partition coefficient (Wildman–Crippen LogP) is 3.55. The van der Waals surface area contributed by atoms with Gasteiger partial charge in [0.05, 0.1) is 21.9 Å². The molecule has 0 aliphatic carbocycles. The van der Waals surface area contributed by atoms with Crippen LogP contribution in [0.2, 0.25) is 0 Å². The van der Waals surface area contributed by atoms with Crippen LogP contribution in [-0.2, 0) is 0 Å². The van der Waals surface area contributed by atoms with E-state index in [1.54, 1.807) is 17.7 Å². The molecule has 114 valence electrons. The zero-order chi connectivity index (χ0) is 15.4. The van der Waals surface area contributed by atoms with E-state index >= 15 is 0 Å². The Morgan fingerprint density at radius 3 is 3.18 bits per heavy atom. The zero-order valence-electron chi connectivity index (χ0n) is 12.6. The summed E-state index contributed by atoms with van der Waals surface area (Å²) < 4.78 is 0. The lowest BCUT2D eigenvalue weighted by molar-refractivity contribution is 0.573. The molecule has 0 radical (unpaired) electrons. The van der Waals surface area contributed by atoms with E-state index in [-0.39, 0.29) is 12.0 Å². The van der Waals surface area contributed by atoms with E-state index < -0.39 is 0 Å². The number of aromatic nitrogens is 1. The molecular formula is C16H19N5S. The van der Waals surface area contributed by atoms with Gasteiger partial charge in [0, 0.05) is 18.5 Å². The number of aliphatic imine (C=N–C) groups is 2. The fourth-order valence-corrected chi connectivity index (χ4v) is 4.10. The van der Waals surface area contributed by atoms with Gasteiger partial charge in [-0.15, -0.1) is 11.3 Å². The van der Waals surface area contributed by atoms with Gasteiger partial charge in [0.15, 0.2) is 0 Å². The second-order valence-electron chi connectivity index (χ2n) is 5.54. The first kappa shape index (κ1) is 14.9. The highest BCUT2D eigenvalue weighted by atomic mass is 32.1. The molecule has 1 aromatic heterocycles. The van der Waals surface area contributed by atoms with Crippen LogP contribution in [-0.4, -0.2) is 17.2 Å². The van der Waals surface area contributed by atoms with Crippen molar-refractivity contribution >= 4 is 23.5 Å². The molecular weight excluding hydrogens is 294 g/mol. The maximum atomic E-state index is 8.83. The van der Waals surface area contributed by atoms with Crippen LogP contribution in [0.4, 0.5) is 0 Å². The van der Waals surface area contributed by atoms with Crippen LogP contribution in [0.15, 0.2) is 28.5 Å². The molecule has 1 N–H and O–H groups in total. The van der Waals surface area contributed by atoms with Crippen molar-refractivity contribution in [2.24, 2.45) is 15.9 Å². The van der Waals surface area contributed by atoms with Gasteiger partial charge < -0.3 is 5.32 Å². The molecule has 2 aliphatic rings. The zero-order valence-corrected chi connectivity index (χ0v) is 13.4. The highest BCUT2D eigenvalue weighted by Crippen LogP contribution is 2.38. The van der Waals surface area contributed by atoms with Gasteiger partial charge in [0.25, 0.3) is 0 Å². The third kappa shape index (κ3) is 2.95. The van der Waals surface area contributed by atoms with Crippen molar-refractivity contribution in [1.82, 2.24) is 10.3 Å². The van der Waals surface area contributed by atoms with E-state index in [1.165, 1.54) is 4.88 Å². The number of thiazole rings is 1. The Kier molecular flexibility index (Phi) is 4.64. The van der Waals surface area contributed by atoms with E-state index in [0.717, 1.165) is 30.1 Å². The Morgan fingerprint density at radius 2 is 2.36 bits per heavy atom. The van der Waals surface area contributed by atoms with Gasteiger partial charge in [-0.1, -0.05) is 19.4 Å². The third-order valence-electron chi connectivity index (χ3n) is 4.04. The fourth-order valence-electron chi connectivity index (χ4n) is 2.92. The van der Waals surface area contributed by atoms with Gasteiger partial charge in [-0.2, -0.15) is 5.26 Å². The molecule has 0 aromatic carbocycles. The first-order valence-electron chi connectivity index (χ1n) is 7.68. The molecule has 2 unspecified atom stereocenters. The third-order valence-corrected chi connectivity index (χ3v) is 5.27. The van der Waals surface area contributed by atoms with Crippen LogP contribution in [0.3, 0.4) is 0 Å². The molecule has 2 aliphatic heterocycles. The van der Waals surface area contributed by atoms with Gasteiger partial charge in [0.1, 0.15) is 18.2 Å². The summed E-state index contributed by atoms with van der Waals surface area (Å²) in [6.45, 7) is 2.18. The summed E-state index contributed by atoms with van der Waals surface area (Å²) in [4.78, 5) is 14.6. The molecule has 3 rings (SSSR count). The standard InChI is InChI=1S/C16H19N5S/c1-2-4-11(5-3-7-17)16-19-9-13(22-16)14-12-6-8-18-15(12)21-10-20-14/h6,8-12,14H,2-5H2,1H3,(H,18,20,21)/t11-,12?,14?/m0/s1. The summed E-state index contributed by atoms with van der Waals surface area (Å²) in [5.74, 6) is 1.55. The molecule has 6 heteroatoms. The summed E-state index contributed by atoms with van der Waals surface area (Å²) in [5.41, 5.74) is 0. The van der Waals surface area contributed by atoms with Crippen LogP contribution in [0.5, 0.6) is 0 Å². The highest BCUT2D eigenvalue weighted by Gasteiger charge is 2.31. The highest BCUT2D eigenvalue weighted by molar-refractivity contribution is 7.11. The van der Waals surface area contributed by atoms with E-state index in [1.807, 2.05) is 12.4 Å². The topological polar surface area (TPSA) is 73.4 Å². The smallest absolute Gasteiger partial charge is 0.117 e. The maximum absolute atomic E-state index is 8.83. The second-order valence-corrected chi connectivity index (χ2v) is 6.63. The first-order valence-corrected chi connectivity index (χ1v) is 8.50. The Morgan fingerprint density at radius 1 is 1.45 bits per heavy atom. The normalized spacial score (nSPS) is 23.5. The Labute approximate surface area is 134 Å². The van der Waals surface area contributed by atoms with E-state index in [2.05, 4.69) is 39.4 Å². The molecule has 22 heavy (non-hydrogen) atoms. The van der Waals surface area contributed by atoms with Crippen molar-refractivity contribution in [2.75, 3.05) is 0 Å². The lowest BCUT2D eigenvalue weighted by atomic mass is 9.98. The van der Waals surface area contributed by atoms with E-state index in [9.17, 15) is 0 Å². The molecule has 3 heterocycles. The molecule has 5 nitrogen and oxygen atoms in total. The van der Waals surface area contributed by atoms with Gasteiger partial charge in [-0.3, -0.25) is 4.99 Å². The van der Waals surface area contributed by atoms with Crippen LogP contribution in [0.25, 0.3) is 0 Å². The van der Waals surface area contributed by atoms with Gasteiger partial charge in [0.2, 0.25) is 0 Å². The minimum Gasteiger partial charge on any atom is -0.350 e. The second kappa shape index (κ2) is 6.84. The van der Waals surface area contributed by atoms with Gasteiger partial charge >= 0.3 is 0 Å². The predicted molar refractivity (Wildman–Crippen MR) is 89.0 cm³/mol. The largest absolute Gasteiger partial charge is 0.350 e. The van der Waals surface area contributed by atoms with Crippen LogP contribution < -0.4 is 5.32 Å². The van der Waals surface area contributed by atoms with Crippen molar-refractivity contribution in [3.8, 4) is 6.07 Å². The van der Waals surface area contributed by atoms with Crippen molar-refractivity contribution in [3.05, 3.63) is 28.4 Å². The van der Waals surface area contributed by atoms with Crippen molar-refractivity contribution in [1.29, 1.82) is 5.26 Å². The molecule has 3 atom stereocenters. The molecule has 0 saturated carbocycles. The number of hydrogen-bond acceptors (Lipinski definition) is 6. The monoisotopic (exact) mass is 313 g/mol. The van der Waals surface area contributed by atoms with Crippen molar-refractivity contribution in [3.63, 3.8) is 0 Å². The van der Waals surface area contributed by atoms with Crippen molar-refractivity contribution in [2.45, 2.75) is 44.6 Å². The maximum Gasteiger partial charge on any atom is 0.117 e. The van der Waals surface area contributed by atoms with Gasteiger partial charge in [-0.25, -0.2) is 9.98 Å². The summed E-state index contributed by atoms with van der Waals surface area (Å²) in [6, 6.07) is 2.32.